The van der Waals surface area contributed by atoms with Gasteiger partial charge in [-0.2, -0.15) is 0 Å². The third-order valence-electron chi connectivity index (χ3n) is 3.75. The molecule has 2 aromatic heterocycles. The van der Waals surface area contributed by atoms with Crippen molar-refractivity contribution in [3.05, 3.63) is 50.3 Å². The number of fused-ring (bicyclic) bond motifs is 3. The largest absolute Gasteiger partial charge is 0.332 e. The predicted molar refractivity (Wildman–Crippen MR) is 75.3 cm³/mol. The van der Waals surface area contributed by atoms with Crippen LogP contribution in [0.2, 0.25) is 0 Å². The van der Waals surface area contributed by atoms with Gasteiger partial charge in [0.1, 0.15) is 5.65 Å². The second-order valence-corrected chi connectivity index (χ2v) is 4.82. The van der Waals surface area contributed by atoms with E-state index in [0.29, 0.717) is 17.5 Å². The van der Waals surface area contributed by atoms with Gasteiger partial charge in [0.2, 0.25) is 0 Å². The predicted octanol–water partition coefficient (Wildman–Crippen LogP) is 0.701. The van der Waals surface area contributed by atoms with Crippen LogP contribution in [0.3, 0.4) is 0 Å². The molecule has 19 heavy (non-hydrogen) atoms. The summed E-state index contributed by atoms with van der Waals surface area (Å²) in [6, 6.07) is 0. The van der Waals surface area contributed by atoms with Gasteiger partial charge in [-0.15, -0.1) is 0 Å². The van der Waals surface area contributed by atoms with E-state index in [1.165, 1.54) is 16.2 Å². The third kappa shape index (κ3) is 1.41. The first-order valence-corrected chi connectivity index (χ1v) is 6.14. The zero-order chi connectivity index (χ0) is 13.7. The van der Waals surface area contributed by atoms with E-state index in [-0.39, 0.29) is 11.2 Å². The molecule has 0 unspecified atom stereocenters. The first-order valence-electron chi connectivity index (χ1n) is 6.14. The Balaban J connectivity index is 2.64. The summed E-state index contributed by atoms with van der Waals surface area (Å²) < 4.78 is 4.61. The van der Waals surface area contributed by atoms with Gasteiger partial charge < -0.3 is 4.57 Å². The van der Waals surface area contributed by atoms with Gasteiger partial charge in [-0.1, -0.05) is 18.2 Å². The molecule has 5 nitrogen and oxygen atoms in total. The minimum atomic E-state index is -0.298. The molecule has 2 heterocycles. The van der Waals surface area contributed by atoms with Crippen LogP contribution in [0.5, 0.6) is 0 Å². The Labute approximate surface area is 109 Å². The number of nitrogens with zero attached hydrogens (tertiary/aromatic N) is 3. The van der Waals surface area contributed by atoms with Crippen molar-refractivity contribution in [1.29, 1.82) is 0 Å². The topological polar surface area (TPSA) is 48.9 Å². The Morgan fingerprint density at radius 1 is 1.00 bits per heavy atom. The molecule has 1 aliphatic rings. The molecular formula is C14H15N3O2. The maximum Gasteiger partial charge on any atom is 0.332 e. The van der Waals surface area contributed by atoms with Crippen LogP contribution in [0.1, 0.15) is 11.3 Å². The summed E-state index contributed by atoms with van der Waals surface area (Å²) in [5, 5.41) is 0.637. The van der Waals surface area contributed by atoms with Gasteiger partial charge in [0, 0.05) is 26.8 Å². The lowest BCUT2D eigenvalue weighted by atomic mass is 10.1. The number of aromatic nitrogens is 3. The molecule has 0 aromatic carbocycles. The summed E-state index contributed by atoms with van der Waals surface area (Å²) in [5.41, 5.74) is 2.13. The monoisotopic (exact) mass is 257 g/mol. The highest BCUT2D eigenvalue weighted by atomic mass is 16.2. The summed E-state index contributed by atoms with van der Waals surface area (Å²) in [4.78, 5) is 24.4. The number of hydrogen-bond donors (Lipinski definition) is 0. The van der Waals surface area contributed by atoms with E-state index in [2.05, 4.69) is 0 Å². The standard InChI is InChI=1S/C14H15N3O2/c1-15-10-8-6-4-5-7-9(10)11-12(15)16(2)14(19)17(3)13(11)18/h4-6,8H,7H2,1-3H3. The van der Waals surface area contributed by atoms with E-state index in [1.807, 2.05) is 35.9 Å². The van der Waals surface area contributed by atoms with Crippen LogP contribution in [0, 0.1) is 0 Å². The average Bonchev–Trinajstić information content (AvgIpc) is 2.58. The average molecular weight is 257 g/mol. The lowest BCUT2D eigenvalue weighted by molar-refractivity contribution is 0.697. The smallest absolute Gasteiger partial charge is 0.330 e. The Hall–Kier alpha value is -2.30. The van der Waals surface area contributed by atoms with E-state index in [1.54, 1.807) is 7.05 Å². The second kappa shape index (κ2) is 3.85. The van der Waals surface area contributed by atoms with Crippen molar-refractivity contribution in [3.63, 3.8) is 0 Å². The van der Waals surface area contributed by atoms with Crippen molar-refractivity contribution in [1.82, 2.24) is 13.7 Å². The van der Waals surface area contributed by atoms with Crippen LogP contribution >= 0.6 is 0 Å². The highest BCUT2D eigenvalue weighted by Crippen LogP contribution is 2.25. The molecule has 3 rings (SSSR count). The van der Waals surface area contributed by atoms with E-state index in [0.717, 1.165) is 11.3 Å². The molecule has 0 aliphatic heterocycles. The lowest BCUT2D eigenvalue weighted by Crippen LogP contribution is -2.37. The number of allylic oxidation sites excluding steroid dienone is 3. The molecule has 0 saturated carbocycles. The van der Waals surface area contributed by atoms with Crippen molar-refractivity contribution in [3.8, 4) is 0 Å². The third-order valence-corrected chi connectivity index (χ3v) is 3.75. The van der Waals surface area contributed by atoms with Crippen LogP contribution < -0.4 is 11.2 Å². The summed E-state index contributed by atoms with van der Waals surface area (Å²) in [6.07, 6.45) is 8.62. The normalized spacial score (nSPS) is 13.8. The minimum absolute atomic E-state index is 0.223. The van der Waals surface area contributed by atoms with E-state index < -0.39 is 0 Å². The minimum Gasteiger partial charge on any atom is -0.330 e. The Morgan fingerprint density at radius 3 is 2.47 bits per heavy atom. The van der Waals surface area contributed by atoms with Crippen LogP contribution in [-0.2, 0) is 27.6 Å². The molecule has 0 radical (unpaired) electrons. The quantitative estimate of drug-likeness (QED) is 0.697. The fourth-order valence-corrected chi connectivity index (χ4v) is 2.77. The Bertz CT molecular complexity index is 860. The van der Waals surface area contributed by atoms with Crippen LogP contribution in [-0.4, -0.2) is 13.7 Å². The molecule has 0 spiro atoms. The van der Waals surface area contributed by atoms with Gasteiger partial charge >= 0.3 is 5.69 Å². The van der Waals surface area contributed by atoms with Gasteiger partial charge in [-0.05, 0) is 18.1 Å². The molecular weight excluding hydrogens is 242 g/mol. The van der Waals surface area contributed by atoms with Crippen molar-refractivity contribution in [2.45, 2.75) is 6.42 Å². The highest BCUT2D eigenvalue weighted by Gasteiger charge is 2.20. The van der Waals surface area contributed by atoms with Crippen molar-refractivity contribution in [2.24, 2.45) is 21.1 Å². The molecule has 0 bridgehead atoms. The summed E-state index contributed by atoms with van der Waals surface area (Å²) in [7, 11) is 5.10. The maximum atomic E-state index is 12.4. The molecule has 0 saturated heterocycles. The fourth-order valence-electron chi connectivity index (χ4n) is 2.77. The molecule has 0 fully saturated rings. The molecule has 0 N–H and O–H groups in total. The van der Waals surface area contributed by atoms with E-state index in [9.17, 15) is 9.59 Å². The lowest BCUT2D eigenvalue weighted by Gasteiger charge is -2.06. The van der Waals surface area contributed by atoms with Crippen LogP contribution in [0.15, 0.2) is 27.8 Å². The first-order chi connectivity index (χ1) is 9.04. The van der Waals surface area contributed by atoms with Gasteiger partial charge in [-0.25, -0.2) is 4.79 Å². The number of rotatable bonds is 0. The van der Waals surface area contributed by atoms with E-state index in [4.69, 9.17) is 0 Å². The molecule has 1 aliphatic carbocycles. The Kier molecular flexibility index (Phi) is 2.38. The SMILES string of the molecule is Cn1c(=O)c2c3c(n(C)c2n(C)c1=O)C=CC=CC3. The zero-order valence-electron chi connectivity index (χ0n) is 11.2. The van der Waals surface area contributed by atoms with E-state index >= 15 is 0 Å². The fraction of sp³-hybridized carbons (Fsp3) is 0.286. The van der Waals surface area contributed by atoms with Crippen LogP contribution in [0.25, 0.3) is 17.1 Å². The highest BCUT2D eigenvalue weighted by molar-refractivity contribution is 5.85. The zero-order valence-corrected chi connectivity index (χ0v) is 11.2. The van der Waals surface area contributed by atoms with Gasteiger partial charge in [0.25, 0.3) is 5.56 Å². The van der Waals surface area contributed by atoms with Crippen molar-refractivity contribution >= 4 is 17.1 Å². The molecule has 0 amide bonds. The molecule has 0 atom stereocenters. The second-order valence-electron chi connectivity index (χ2n) is 4.82. The summed E-state index contributed by atoms with van der Waals surface area (Å²) in [5.74, 6) is 0. The van der Waals surface area contributed by atoms with Gasteiger partial charge in [0.15, 0.2) is 0 Å². The molecule has 2 aromatic rings. The first kappa shape index (κ1) is 11.8. The maximum absolute atomic E-state index is 12.4. The van der Waals surface area contributed by atoms with Crippen LogP contribution in [0.4, 0.5) is 0 Å². The summed E-state index contributed by atoms with van der Waals surface area (Å²) >= 11 is 0. The molecule has 5 heteroatoms. The number of hydrogen-bond acceptors (Lipinski definition) is 2. The van der Waals surface area contributed by atoms with Crippen molar-refractivity contribution < 1.29 is 0 Å². The van der Waals surface area contributed by atoms with Gasteiger partial charge in [-0.3, -0.25) is 13.9 Å². The summed E-state index contributed by atoms with van der Waals surface area (Å²) in [6.45, 7) is 0. The number of aryl methyl sites for hydroxylation is 2. The molecule has 98 valence electrons. The Morgan fingerprint density at radius 2 is 1.74 bits per heavy atom. The van der Waals surface area contributed by atoms with Crippen molar-refractivity contribution in [2.75, 3.05) is 0 Å². The van der Waals surface area contributed by atoms with Gasteiger partial charge in [0.05, 0.1) is 5.39 Å².